The van der Waals surface area contributed by atoms with Crippen LogP contribution in [0.1, 0.15) is 36.5 Å². The lowest BCUT2D eigenvalue weighted by Gasteiger charge is -2.20. The topological polar surface area (TPSA) is 49.3 Å². The van der Waals surface area contributed by atoms with E-state index < -0.39 is 12.1 Å². The first kappa shape index (κ1) is 16.9. The molecule has 24 heavy (non-hydrogen) atoms. The minimum Gasteiger partial charge on any atom is -0.386 e. The highest BCUT2D eigenvalue weighted by atomic mass is 35.5. The van der Waals surface area contributed by atoms with Gasteiger partial charge in [-0.05, 0) is 54.7 Å². The Morgan fingerprint density at radius 3 is 2.67 bits per heavy atom. The Labute approximate surface area is 145 Å². The summed E-state index contributed by atoms with van der Waals surface area (Å²) in [6.07, 6.45) is -0.0937. The molecule has 1 saturated carbocycles. The molecule has 0 heterocycles. The smallest absolute Gasteiger partial charge is 0.224 e. The summed E-state index contributed by atoms with van der Waals surface area (Å²) in [5, 5.41) is 13.8. The summed E-state index contributed by atoms with van der Waals surface area (Å²) in [4.78, 5) is 12.4. The van der Waals surface area contributed by atoms with Crippen LogP contribution >= 0.6 is 11.6 Å². The maximum atomic E-state index is 12.9. The zero-order valence-corrected chi connectivity index (χ0v) is 14.0. The third-order valence-electron chi connectivity index (χ3n) is 4.46. The van der Waals surface area contributed by atoms with Gasteiger partial charge in [-0.15, -0.1) is 0 Å². The fourth-order valence-electron chi connectivity index (χ4n) is 2.95. The van der Waals surface area contributed by atoms with E-state index in [1.165, 1.54) is 24.3 Å². The summed E-state index contributed by atoms with van der Waals surface area (Å²) >= 11 is 5.99. The lowest BCUT2D eigenvalue weighted by molar-refractivity contribution is -0.123. The second-order valence-corrected chi connectivity index (χ2v) is 6.73. The molecule has 0 bridgehead atoms. The van der Waals surface area contributed by atoms with Crippen LogP contribution in [0, 0.1) is 11.7 Å². The minimum absolute atomic E-state index is 0.0753. The molecule has 2 aromatic rings. The molecule has 4 unspecified atom stereocenters. The van der Waals surface area contributed by atoms with Gasteiger partial charge in [0.1, 0.15) is 5.82 Å². The van der Waals surface area contributed by atoms with Gasteiger partial charge < -0.3 is 10.4 Å². The molecule has 1 aliphatic rings. The van der Waals surface area contributed by atoms with Gasteiger partial charge in [-0.25, -0.2) is 4.39 Å². The van der Waals surface area contributed by atoms with E-state index in [1.54, 1.807) is 6.92 Å². The van der Waals surface area contributed by atoms with E-state index in [4.69, 9.17) is 11.6 Å². The summed E-state index contributed by atoms with van der Waals surface area (Å²) < 4.78 is 12.9. The van der Waals surface area contributed by atoms with E-state index >= 15 is 0 Å². The lowest BCUT2D eigenvalue weighted by Crippen LogP contribution is -2.38. The van der Waals surface area contributed by atoms with Crippen LogP contribution in [0.3, 0.4) is 0 Å². The highest BCUT2D eigenvalue weighted by molar-refractivity contribution is 6.30. The molecule has 1 fully saturated rings. The molecule has 0 radical (unpaired) electrons. The summed E-state index contributed by atoms with van der Waals surface area (Å²) in [6.45, 7) is 1.74. The predicted octanol–water partition coefficient (Wildman–Crippen LogP) is 3.82. The first-order chi connectivity index (χ1) is 11.5. The number of halogens is 2. The molecule has 5 heteroatoms. The largest absolute Gasteiger partial charge is 0.386 e. The Bertz CT molecular complexity index is 734. The molecule has 2 N–H and O–H groups in total. The maximum absolute atomic E-state index is 12.9. The van der Waals surface area contributed by atoms with Crippen molar-refractivity contribution in [2.24, 2.45) is 5.92 Å². The maximum Gasteiger partial charge on any atom is 0.224 e. The molecule has 2 aromatic carbocycles. The SMILES string of the molecule is CC(NC(=O)C1CC1c1cccc(Cl)c1)C(O)c1ccc(F)cc1. The fourth-order valence-corrected chi connectivity index (χ4v) is 3.15. The fraction of sp³-hybridized carbons (Fsp3) is 0.316. The normalized spacial score (nSPS) is 21.8. The number of hydrogen-bond acceptors (Lipinski definition) is 2. The predicted molar refractivity (Wildman–Crippen MR) is 91.3 cm³/mol. The van der Waals surface area contributed by atoms with Crippen molar-refractivity contribution in [1.82, 2.24) is 5.32 Å². The average molecular weight is 348 g/mol. The van der Waals surface area contributed by atoms with E-state index in [0.29, 0.717) is 10.6 Å². The number of carbonyl (C=O) groups excluding carboxylic acids is 1. The number of hydrogen-bond donors (Lipinski definition) is 2. The van der Waals surface area contributed by atoms with Crippen LogP contribution in [0.15, 0.2) is 48.5 Å². The summed E-state index contributed by atoms with van der Waals surface area (Å²) in [5.41, 5.74) is 1.64. The van der Waals surface area contributed by atoms with Gasteiger partial charge in [0.15, 0.2) is 0 Å². The van der Waals surface area contributed by atoms with E-state index in [9.17, 15) is 14.3 Å². The number of aliphatic hydroxyl groups is 1. The highest BCUT2D eigenvalue weighted by Gasteiger charge is 2.44. The summed E-state index contributed by atoms with van der Waals surface area (Å²) in [6, 6.07) is 12.7. The zero-order valence-electron chi connectivity index (χ0n) is 13.2. The van der Waals surface area contributed by atoms with E-state index in [2.05, 4.69) is 5.32 Å². The number of rotatable bonds is 5. The quantitative estimate of drug-likeness (QED) is 0.863. The molecule has 4 atom stereocenters. The highest BCUT2D eigenvalue weighted by Crippen LogP contribution is 2.48. The van der Waals surface area contributed by atoms with Gasteiger partial charge in [-0.3, -0.25) is 4.79 Å². The molecule has 3 rings (SSSR count). The van der Waals surface area contributed by atoms with Gasteiger partial charge in [-0.2, -0.15) is 0 Å². The first-order valence-corrected chi connectivity index (χ1v) is 8.33. The molecule has 0 aliphatic heterocycles. The molecular formula is C19H19ClFNO2. The minimum atomic E-state index is -0.877. The lowest BCUT2D eigenvalue weighted by atomic mass is 10.0. The molecule has 1 amide bonds. The van der Waals surface area contributed by atoms with Crippen molar-refractivity contribution < 1.29 is 14.3 Å². The number of benzene rings is 2. The van der Waals surface area contributed by atoms with E-state index in [-0.39, 0.29) is 23.6 Å². The van der Waals surface area contributed by atoms with Crippen LogP contribution in [0.5, 0.6) is 0 Å². The van der Waals surface area contributed by atoms with Gasteiger partial charge in [-0.1, -0.05) is 35.9 Å². The third-order valence-corrected chi connectivity index (χ3v) is 4.69. The number of amides is 1. The van der Waals surface area contributed by atoms with Crippen molar-refractivity contribution in [3.05, 3.63) is 70.5 Å². The molecule has 126 valence electrons. The van der Waals surface area contributed by atoms with Crippen LogP contribution < -0.4 is 5.32 Å². The van der Waals surface area contributed by atoms with Gasteiger partial charge in [0.25, 0.3) is 0 Å². The Balaban J connectivity index is 1.58. The van der Waals surface area contributed by atoms with E-state index in [1.807, 2.05) is 24.3 Å². The Morgan fingerprint density at radius 2 is 2.00 bits per heavy atom. The van der Waals surface area contributed by atoms with Gasteiger partial charge in [0, 0.05) is 10.9 Å². The molecule has 1 aliphatic carbocycles. The first-order valence-electron chi connectivity index (χ1n) is 7.95. The molecule has 0 saturated heterocycles. The van der Waals surface area contributed by atoms with Gasteiger partial charge >= 0.3 is 0 Å². The summed E-state index contributed by atoms with van der Waals surface area (Å²) in [5.74, 6) is -0.344. The number of aliphatic hydroxyl groups excluding tert-OH is 1. The average Bonchev–Trinajstić information content (AvgIpc) is 3.35. The van der Waals surface area contributed by atoms with Gasteiger partial charge in [0.05, 0.1) is 12.1 Å². The number of nitrogens with one attached hydrogen (secondary N) is 1. The monoisotopic (exact) mass is 347 g/mol. The van der Waals surface area contributed by atoms with Crippen molar-refractivity contribution in [2.45, 2.75) is 31.4 Å². The molecular weight excluding hydrogens is 329 g/mol. The molecule has 3 nitrogen and oxygen atoms in total. The van der Waals surface area contributed by atoms with Crippen LogP contribution in [0.2, 0.25) is 5.02 Å². The van der Waals surface area contributed by atoms with Crippen molar-refractivity contribution >= 4 is 17.5 Å². The van der Waals surface area contributed by atoms with Crippen LogP contribution in [0.4, 0.5) is 4.39 Å². The Kier molecular flexibility index (Phi) is 4.88. The zero-order chi connectivity index (χ0) is 17.3. The van der Waals surface area contributed by atoms with Crippen molar-refractivity contribution in [3.63, 3.8) is 0 Å². The van der Waals surface area contributed by atoms with Crippen LogP contribution in [-0.2, 0) is 4.79 Å². The standard InChI is InChI=1S/C19H19ClFNO2/c1-11(18(23)12-5-7-15(21)8-6-12)22-19(24)17-10-16(17)13-3-2-4-14(20)9-13/h2-9,11,16-18,23H,10H2,1H3,(H,22,24). The van der Waals surface area contributed by atoms with Crippen molar-refractivity contribution in [2.75, 3.05) is 0 Å². The Hall–Kier alpha value is -1.91. The van der Waals surface area contributed by atoms with Crippen LogP contribution in [-0.4, -0.2) is 17.1 Å². The molecule has 0 aromatic heterocycles. The third kappa shape index (κ3) is 3.77. The second-order valence-electron chi connectivity index (χ2n) is 6.30. The van der Waals surface area contributed by atoms with E-state index in [0.717, 1.165) is 12.0 Å². The Morgan fingerprint density at radius 1 is 1.29 bits per heavy atom. The van der Waals surface area contributed by atoms with Gasteiger partial charge in [0.2, 0.25) is 5.91 Å². The van der Waals surface area contributed by atoms with Crippen molar-refractivity contribution in [1.29, 1.82) is 0 Å². The van der Waals surface area contributed by atoms with Crippen molar-refractivity contribution in [3.8, 4) is 0 Å². The second kappa shape index (κ2) is 6.91. The number of carbonyl (C=O) groups is 1. The molecule has 0 spiro atoms. The van der Waals surface area contributed by atoms with Crippen LogP contribution in [0.25, 0.3) is 0 Å². The summed E-state index contributed by atoms with van der Waals surface area (Å²) in [7, 11) is 0.